The van der Waals surface area contributed by atoms with E-state index in [1.807, 2.05) is 38.1 Å². The number of rotatable bonds is 8. The molecule has 1 saturated heterocycles. The van der Waals surface area contributed by atoms with Gasteiger partial charge < -0.3 is 21.1 Å². The SMILES string of the molecule is C[C@H]1OC[C@]1(C)NC1CCC(CC(=O)Nc2cnc(-c3ccc(C(C)(C)N)cc3)c(-c3ccccc3)c2)CC1. The van der Waals surface area contributed by atoms with E-state index in [0.29, 0.717) is 18.4 Å². The van der Waals surface area contributed by atoms with Gasteiger partial charge in [0.2, 0.25) is 5.91 Å². The van der Waals surface area contributed by atoms with Gasteiger partial charge in [-0.15, -0.1) is 0 Å². The number of aromatic nitrogens is 1. The van der Waals surface area contributed by atoms with Crippen LogP contribution in [0.4, 0.5) is 5.69 Å². The van der Waals surface area contributed by atoms with Gasteiger partial charge in [-0.2, -0.15) is 0 Å². The summed E-state index contributed by atoms with van der Waals surface area (Å²) in [6, 6.07) is 21.0. The van der Waals surface area contributed by atoms with Gasteiger partial charge in [0.25, 0.3) is 0 Å². The van der Waals surface area contributed by atoms with Gasteiger partial charge in [-0.05, 0) is 76.5 Å². The van der Waals surface area contributed by atoms with Crippen LogP contribution in [0, 0.1) is 5.92 Å². The Morgan fingerprint density at radius 1 is 1.05 bits per heavy atom. The van der Waals surface area contributed by atoms with Gasteiger partial charge in [0.05, 0.1) is 35.8 Å². The van der Waals surface area contributed by atoms with E-state index in [0.717, 1.165) is 65.9 Å². The zero-order valence-electron chi connectivity index (χ0n) is 23.7. The van der Waals surface area contributed by atoms with E-state index in [9.17, 15) is 4.79 Å². The molecule has 6 heteroatoms. The molecule has 5 rings (SSSR count). The summed E-state index contributed by atoms with van der Waals surface area (Å²) in [7, 11) is 0. The predicted molar refractivity (Wildman–Crippen MR) is 158 cm³/mol. The molecule has 0 spiro atoms. The Kier molecular flexibility index (Phi) is 7.90. The highest BCUT2D eigenvalue weighted by Crippen LogP contribution is 2.34. The van der Waals surface area contributed by atoms with E-state index in [1.165, 1.54) is 0 Å². The van der Waals surface area contributed by atoms with Gasteiger partial charge in [-0.25, -0.2) is 0 Å². The van der Waals surface area contributed by atoms with Crippen molar-refractivity contribution in [2.24, 2.45) is 11.7 Å². The minimum absolute atomic E-state index is 0.0578. The maximum absolute atomic E-state index is 13.0. The summed E-state index contributed by atoms with van der Waals surface area (Å²) in [5, 5.41) is 6.94. The smallest absolute Gasteiger partial charge is 0.224 e. The van der Waals surface area contributed by atoms with Crippen molar-refractivity contribution in [2.75, 3.05) is 11.9 Å². The number of carbonyl (C=O) groups excluding carboxylic acids is 1. The Balaban J connectivity index is 1.25. The third-order valence-corrected chi connectivity index (χ3v) is 8.54. The molecule has 1 aliphatic carbocycles. The lowest BCUT2D eigenvalue weighted by Gasteiger charge is -2.48. The van der Waals surface area contributed by atoms with Gasteiger partial charge in [0, 0.05) is 29.1 Å². The molecule has 2 fully saturated rings. The van der Waals surface area contributed by atoms with Crippen LogP contribution in [-0.2, 0) is 15.1 Å². The first kappa shape index (κ1) is 27.5. The molecular weight excluding hydrogens is 484 g/mol. The lowest BCUT2D eigenvalue weighted by atomic mass is 9.81. The number of benzene rings is 2. The van der Waals surface area contributed by atoms with Crippen LogP contribution in [0.5, 0.6) is 0 Å². The van der Waals surface area contributed by atoms with Crippen molar-refractivity contribution < 1.29 is 9.53 Å². The van der Waals surface area contributed by atoms with Crippen LogP contribution in [0.1, 0.15) is 65.4 Å². The highest BCUT2D eigenvalue weighted by atomic mass is 16.5. The number of pyridine rings is 1. The highest BCUT2D eigenvalue weighted by Gasteiger charge is 2.42. The van der Waals surface area contributed by atoms with E-state index >= 15 is 0 Å². The molecule has 0 bridgehead atoms. The molecule has 2 aliphatic rings. The summed E-state index contributed by atoms with van der Waals surface area (Å²) in [5.41, 5.74) is 11.7. The fourth-order valence-corrected chi connectivity index (χ4v) is 5.77. The van der Waals surface area contributed by atoms with E-state index in [1.54, 1.807) is 6.20 Å². The molecule has 39 heavy (non-hydrogen) atoms. The van der Waals surface area contributed by atoms with Crippen molar-refractivity contribution >= 4 is 11.6 Å². The Bertz CT molecular complexity index is 1280. The largest absolute Gasteiger partial charge is 0.374 e. The summed E-state index contributed by atoms with van der Waals surface area (Å²) < 4.78 is 5.58. The summed E-state index contributed by atoms with van der Waals surface area (Å²) in [4.78, 5) is 17.9. The van der Waals surface area contributed by atoms with Gasteiger partial charge in [0.15, 0.2) is 0 Å². The molecule has 4 N–H and O–H groups in total. The fourth-order valence-electron chi connectivity index (χ4n) is 5.77. The Morgan fingerprint density at radius 3 is 2.33 bits per heavy atom. The molecule has 1 aromatic heterocycles. The Labute approximate surface area is 232 Å². The minimum Gasteiger partial charge on any atom is -0.374 e. The number of nitrogens with zero attached hydrogens (tertiary/aromatic N) is 1. The van der Waals surface area contributed by atoms with Crippen LogP contribution >= 0.6 is 0 Å². The summed E-state index contributed by atoms with van der Waals surface area (Å²) in [5.74, 6) is 0.472. The molecule has 1 amide bonds. The standard InChI is InChI=1S/C33H42N4O2/c1-22-33(4,21-39-22)37-27-16-10-23(11-17-27)18-30(38)36-28-19-29(24-8-6-5-7-9-24)31(35-20-28)25-12-14-26(15-13-25)32(2,3)34/h5-9,12-15,19-20,22-23,27,37H,10-11,16-18,21,34H2,1-4H3,(H,36,38)/t22-,23?,27?,33+/m1/s1. The number of anilines is 1. The molecule has 1 aliphatic heterocycles. The van der Waals surface area contributed by atoms with Crippen molar-refractivity contribution in [2.45, 2.75) is 83.0 Å². The number of hydrogen-bond acceptors (Lipinski definition) is 5. The average Bonchev–Trinajstić information content (AvgIpc) is 2.93. The van der Waals surface area contributed by atoms with Crippen molar-refractivity contribution in [3.8, 4) is 22.4 Å². The molecule has 6 nitrogen and oxygen atoms in total. The number of ether oxygens (including phenoxy) is 1. The van der Waals surface area contributed by atoms with Gasteiger partial charge >= 0.3 is 0 Å². The molecule has 2 atom stereocenters. The quantitative estimate of drug-likeness (QED) is 0.322. The topological polar surface area (TPSA) is 89.3 Å². The molecule has 0 unspecified atom stereocenters. The molecule has 2 heterocycles. The number of amides is 1. The second kappa shape index (κ2) is 11.2. The molecule has 2 aromatic carbocycles. The van der Waals surface area contributed by atoms with Crippen LogP contribution in [0.2, 0.25) is 0 Å². The molecule has 3 aromatic rings. The van der Waals surface area contributed by atoms with E-state index < -0.39 is 5.54 Å². The maximum atomic E-state index is 13.0. The monoisotopic (exact) mass is 526 g/mol. The number of carbonyl (C=O) groups is 1. The lowest BCUT2D eigenvalue weighted by Crippen LogP contribution is -2.66. The molecule has 0 radical (unpaired) electrons. The van der Waals surface area contributed by atoms with Crippen LogP contribution in [0.15, 0.2) is 66.9 Å². The fraction of sp³-hybridized carbons (Fsp3) is 0.455. The first-order chi connectivity index (χ1) is 18.6. The van der Waals surface area contributed by atoms with Crippen molar-refractivity contribution in [1.29, 1.82) is 0 Å². The van der Waals surface area contributed by atoms with E-state index in [4.69, 9.17) is 15.5 Å². The lowest BCUT2D eigenvalue weighted by molar-refractivity contribution is -0.136. The van der Waals surface area contributed by atoms with Gasteiger partial charge in [-0.3, -0.25) is 9.78 Å². The number of hydrogen-bond donors (Lipinski definition) is 3. The van der Waals surface area contributed by atoms with E-state index in [-0.39, 0.29) is 17.6 Å². The molecule has 206 valence electrons. The van der Waals surface area contributed by atoms with Crippen LogP contribution in [-0.4, -0.2) is 35.2 Å². The van der Waals surface area contributed by atoms with Crippen molar-refractivity contribution in [3.63, 3.8) is 0 Å². The Hall–Kier alpha value is -3.06. The zero-order valence-corrected chi connectivity index (χ0v) is 23.7. The summed E-state index contributed by atoms with van der Waals surface area (Å²) in [6.07, 6.45) is 6.92. The second-order valence-electron chi connectivity index (χ2n) is 12.3. The van der Waals surface area contributed by atoms with E-state index in [2.05, 4.69) is 60.9 Å². The predicted octanol–water partition coefficient (Wildman–Crippen LogP) is 6.26. The van der Waals surface area contributed by atoms with Crippen molar-refractivity contribution in [1.82, 2.24) is 10.3 Å². The third kappa shape index (κ3) is 6.40. The highest BCUT2D eigenvalue weighted by molar-refractivity contribution is 5.93. The average molecular weight is 527 g/mol. The minimum atomic E-state index is -0.402. The Morgan fingerprint density at radius 2 is 1.74 bits per heavy atom. The summed E-state index contributed by atoms with van der Waals surface area (Å²) >= 11 is 0. The van der Waals surface area contributed by atoms with Crippen LogP contribution in [0.3, 0.4) is 0 Å². The van der Waals surface area contributed by atoms with Gasteiger partial charge in [0.1, 0.15) is 0 Å². The molecular formula is C33H42N4O2. The first-order valence-corrected chi connectivity index (χ1v) is 14.3. The molecule has 1 saturated carbocycles. The normalized spacial score (nSPS) is 25.1. The number of nitrogens with two attached hydrogens (primary N) is 1. The van der Waals surface area contributed by atoms with Crippen LogP contribution in [0.25, 0.3) is 22.4 Å². The zero-order chi connectivity index (χ0) is 27.6. The summed E-state index contributed by atoms with van der Waals surface area (Å²) in [6.45, 7) is 9.17. The third-order valence-electron chi connectivity index (χ3n) is 8.54. The van der Waals surface area contributed by atoms with Crippen molar-refractivity contribution in [3.05, 3.63) is 72.4 Å². The second-order valence-corrected chi connectivity index (χ2v) is 12.3. The maximum Gasteiger partial charge on any atom is 0.224 e. The first-order valence-electron chi connectivity index (χ1n) is 14.3. The van der Waals surface area contributed by atoms with Gasteiger partial charge in [-0.1, -0.05) is 54.6 Å². The van der Waals surface area contributed by atoms with Crippen LogP contribution < -0.4 is 16.4 Å². The number of nitrogens with one attached hydrogen (secondary N) is 2.